The van der Waals surface area contributed by atoms with E-state index in [1.54, 1.807) is 12.1 Å². The Bertz CT molecular complexity index is 1090. The molecule has 0 unspecified atom stereocenters. The van der Waals surface area contributed by atoms with Gasteiger partial charge in [-0.1, -0.05) is 29.3 Å². The van der Waals surface area contributed by atoms with Gasteiger partial charge < -0.3 is 20.4 Å². The molecule has 2 fully saturated rings. The molecular weight excluding hydrogens is 489 g/mol. The average molecular weight is 518 g/mol. The first-order valence-electron chi connectivity index (χ1n) is 11.7. The number of benzene rings is 2. The zero-order chi connectivity index (χ0) is 24.9. The molecule has 2 aliphatic heterocycles. The van der Waals surface area contributed by atoms with Gasteiger partial charge in [0.1, 0.15) is 6.04 Å². The van der Waals surface area contributed by atoms with Crippen LogP contribution in [0.4, 0.5) is 11.4 Å². The quantitative estimate of drug-likeness (QED) is 0.615. The summed E-state index contributed by atoms with van der Waals surface area (Å²) in [5, 5.41) is 6.80. The molecule has 2 saturated heterocycles. The van der Waals surface area contributed by atoms with E-state index in [-0.39, 0.29) is 30.7 Å². The number of nitrogens with one attached hydrogen (secondary N) is 2. The monoisotopic (exact) mass is 517 g/mol. The summed E-state index contributed by atoms with van der Waals surface area (Å²) < 4.78 is 0. The molecule has 2 heterocycles. The molecule has 2 aliphatic rings. The molecule has 2 aromatic carbocycles. The van der Waals surface area contributed by atoms with Crippen LogP contribution in [0.1, 0.15) is 12.0 Å². The third kappa shape index (κ3) is 6.45. The summed E-state index contributed by atoms with van der Waals surface area (Å²) in [5.74, 6) is -0.799. The average Bonchev–Trinajstić information content (AvgIpc) is 2.84. The highest BCUT2D eigenvalue weighted by molar-refractivity contribution is 6.31. The number of carbonyl (C=O) groups excluding carboxylic acids is 3. The van der Waals surface area contributed by atoms with Crippen molar-refractivity contribution in [2.24, 2.45) is 0 Å². The van der Waals surface area contributed by atoms with Crippen LogP contribution in [-0.2, 0) is 14.4 Å². The fraction of sp³-hybridized carbons (Fsp3) is 0.400. The van der Waals surface area contributed by atoms with Crippen LogP contribution in [0.15, 0.2) is 42.5 Å². The van der Waals surface area contributed by atoms with Crippen molar-refractivity contribution in [2.75, 3.05) is 56.0 Å². The van der Waals surface area contributed by atoms with E-state index in [1.165, 1.54) is 4.90 Å². The number of piperazine rings is 2. The first kappa shape index (κ1) is 25.3. The molecule has 0 radical (unpaired) electrons. The van der Waals surface area contributed by atoms with E-state index < -0.39 is 6.04 Å². The molecule has 186 valence electrons. The second-order valence-corrected chi connectivity index (χ2v) is 9.69. The molecule has 35 heavy (non-hydrogen) atoms. The Morgan fingerprint density at radius 1 is 1.03 bits per heavy atom. The van der Waals surface area contributed by atoms with Gasteiger partial charge in [0.05, 0.1) is 13.0 Å². The van der Waals surface area contributed by atoms with Crippen molar-refractivity contribution in [3.8, 4) is 0 Å². The predicted molar refractivity (Wildman–Crippen MR) is 138 cm³/mol. The number of aryl methyl sites for hydroxylation is 1. The third-order valence-corrected chi connectivity index (χ3v) is 7.07. The predicted octanol–water partition coefficient (Wildman–Crippen LogP) is 2.78. The molecule has 0 aliphatic carbocycles. The zero-order valence-corrected chi connectivity index (χ0v) is 21.1. The molecule has 4 rings (SSSR count). The first-order valence-corrected chi connectivity index (χ1v) is 12.4. The second kappa shape index (κ2) is 11.3. The van der Waals surface area contributed by atoms with Gasteiger partial charge in [-0.25, -0.2) is 0 Å². The number of hydrogen-bond acceptors (Lipinski definition) is 5. The van der Waals surface area contributed by atoms with Crippen LogP contribution in [0.5, 0.6) is 0 Å². The molecule has 0 aromatic heterocycles. The van der Waals surface area contributed by atoms with Gasteiger partial charge >= 0.3 is 0 Å². The standard InChI is InChI=1S/C25H29Cl2N5O3/c1-17-2-5-19(14-21(17)27)29-23(33)15-22-25(35)28-8-9-32(22)24(34)16-30-10-12-31(13-11-30)20-6-3-18(26)4-7-20/h2-7,14,22H,8-13,15-16H2,1H3,(H,28,35)(H,29,33)/t22-/m1/s1. The summed E-state index contributed by atoms with van der Waals surface area (Å²) in [6.45, 7) is 5.89. The topological polar surface area (TPSA) is 85.0 Å². The van der Waals surface area contributed by atoms with Crippen LogP contribution < -0.4 is 15.5 Å². The van der Waals surface area contributed by atoms with E-state index in [2.05, 4.69) is 20.4 Å². The molecule has 2 aromatic rings. The van der Waals surface area contributed by atoms with Gasteiger partial charge in [0.2, 0.25) is 17.7 Å². The van der Waals surface area contributed by atoms with Crippen molar-refractivity contribution in [3.63, 3.8) is 0 Å². The normalized spacial score (nSPS) is 18.8. The van der Waals surface area contributed by atoms with Gasteiger partial charge in [-0.2, -0.15) is 0 Å². The number of halogens is 2. The minimum atomic E-state index is -0.840. The lowest BCUT2D eigenvalue weighted by atomic mass is 10.1. The van der Waals surface area contributed by atoms with Crippen LogP contribution in [0.2, 0.25) is 10.0 Å². The number of rotatable bonds is 6. The van der Waals surface area contributed by atoms with Gasteiger partial charge in [-0.3, -0.25) is 19.3 Å². The van der Waals surface area contributed by atoms with Crippen molar-refractivity contribution in [1.29, 1.82) is 0 Å². The smallest absolute Gasteiger partial charge is 0.243 e. The lowest BCUT2D eigenvalue weighted by Crippen LogP contribution is -2.60. The van der Waals surface area contributed by atoms with Gasteiger partial charge in [-0.15, -0.1) is 0 Å². The van der Waals surface area contributed by atoms with E-state index in [0.29, 0.717) is 28.8 Å². The van der Waals surface area contributed by atoms with Crippen LogP contribution in [-0.4, -0.2) is 79.4 Å². The minimum Gasteiger partial charge on any atom is -0.369 e. The zero-order valence-electron chi connectivity index (χ0n) is 19.6. The molecule has 3 amide bonds. The van der Waals surface area contributed by atoms with Crippen molar-refractivity contribution in [1.82, 2.24) is 15.1 Å². The van der Waals surface area contributed by atoms with Crippen LogP contribution in [0.25, 0.3) is 0 Å². The number of carbonyl (C=O) groups is 3. The Kier molecular flexibility index (Phi) is 8.15. The number of hydrogen-bond donors (Lipinski definition) is 2. The van der Waals surface area contributed by atoms with E-state index in [0.717, 1.165) is 37.4 Å². The largest absolute Gasteiger partial charge is 0.369 e. The van der Waals surface area contributed by atoms with Crippen molar-refractivity contribution < 1.29 is 14.4 Å². The molecule has 8 nitrogen and oxygen atoms in total. The van der Waals surface area contributed by atoms with Gasteiger partial charge in [0.25, 0.3) is 0 Å². The fourth-order valence-corrected chi connectivity index (χ4v) is 4.68. The third-order valence-electron chi connectivity index (χ3n) is 6.41. The first-order chi connectivity index (χ1) is 16.8. The highest BCUT2D eigenvalue weighted by Gasteiger charge is 2.35. The Labute approximate surface area is 215 Å². The fourth-order valence-electron chi connectivity index (χ4n) is 4.37. The summed E-state index contributed by atoms with van der Waals surface area (Å²) in [4.78, 5) is 44.3. The maximum atomic E-state index is 13.2. The number of anilines is 2. The van der Waals surface area contributed by atoms with Crippen molar-refractivity contribution >= 4 is 52.3 Å². The summed E-state index contributed by atoms with van der Waals surface area (Å²) in [5.41, 5.74) is 2.56. The van der Waals surface area contributed by atoms with Gasteiger partial charge in [0, 0.05) is 60.7 Å². The Hall–Kier alpha value is -2.81. The van der Waals surface area contributed by atoms with E-state index in [4.69, 9.17) is 23.2 Å². The number of nitrogens with zero attached hydrogens (tertiary/aromatic N) is 3. The lowest BCUT2D eigenvalue weighted by molar-refractivity contribution is -0.145. The SMILES string of the molecule is Cc1ccc(NC(=O)C[C@@H]2C(=O)NCCN2C(=O)CN2CCN(c3ccc(Cl)cc3)CC2)cc1Cl. The van der Waals surface area contributed by atoms with E-state index >= 15 is 0 Å². The number of amides is 3. The van der Waals surface area contributed by atoms with E-state index in [9.17, 15) is 14.4 Å². The van der Waals surface area contributed by atoms with Crippen LogP contribution in [0.3, 0.4) is 0 Å². The highest BCUT2D eigenvalue weighted by atomic mass is 35.5. The molecule has 0 saturated carbocycles. The summed E-state index contributed by atoms with van der Waals surface area (Å²) in [7, 11) is 0. The summed E-state index contributed by atoms with van der Waals surface area (Å²) in [6.07, 6.45) is -0.118. The van der Waals surface area contributed by atoms with Crippen LogP contribution in [0, 0.1) is 6.92 Å². The highest BCUT2D eigenvalue weighted by Crippen LogP contribution is 2.22. The van der Waals surface area contributed by atoms with Gasteiger partial charge in [-0.05, 0) is 48.9 Å². The lowest BCUT2D eigenvalue weighted by Gasteiger charge is -2.39. The molecular formula is C25H29Cl2N5O3. The summed E-state index contributed by atoms with van der Waals surface area (Å²) >= 11 is 12.1. The molecule has 2 N–H and O–H groups in total. The molecule has 1 atom stereocenters. The van der Waals surface area contributed by atoms with Crippen LogP contribution >= 0.6 is 23.2 Å². The Balaban J connectivity index is 1.32. The summed E-state index contributed by atoms with van der Waals surface area (Å²) in [6, 6.07) is 12.1. The maximum absolute atomic E-state index is 13.2. The Morgan fingerprint density at radius 2 is 1.74 bits per heavy atom. The van der Waals surface area contributed by atoms with Crippen molar-refractivity contribution in [2.45, 2.75) is 19.4 Å². The molecule has 0 bridgehead atoms. The van der Waals surface area contributed by atoms with Crippen molar-refractivity contribution in [3.05, 3.63) is 58.1 Å². The Morgan fingerprint density at radius 3 is 2.43 bits per heavy atom. The molecule has 10 heteroatoms. The maximum Gasteiger partial charge on any atom is 0.243 e. The van der Waals surface area contributed by atoms with Gasteiger partial charge in [0.15, 0.2) is 0 Å². The second-order valence-electron chi connectivity index (χ2n) is 8.85. The minimum absolute atomic E-state index is 0.118. The van der Waals surface area contributed by atoms with E-state index in [1.807, 2.05) is 37.3 Å². The molecule has 0 spiro atoms.